The normalized spacial score (nSPS) is 15.1. The number of benzene rings is 1. The summed E-state index contributed by atoms with van der Waals surface area (Å²) in [7, 11) is -2.12. The van der Waals surface area contributed by atoms with Gasteiger partial charge in [0.15, 0.2) is 0 Å². The summed E-state index contributed by atoms with van der Waals surface area (Å²) in [4.78, 5) is 26.3. The molecule has 1 fully saturated rings. The Bertz CT molecular complexity index is 1170. The topological polar surface area (TPSA) is 88.5 Å². The number of carbonyl (C=O) groups excluding carboxylic acids is 1. The summed E-state index contributed by atoms with van der Waals surface area (Å²) in [6.45, 7) is 5.16. The minimum atomic E-state index is -3.74. The highest BCUT2D eigenvalue weighted by molar-refractivity contribution is 7.99. The molecule has 0 saturated heterocycles. The van der Waals surface area contributed by atoms with Gasteiger partial charge in [0, 0.05) is 37.8 Å². The van der Waals surface area contributed by atoms with Crippen LogP contribution in [0.4, 0.5) is 0 Å². The number of carbonyl (C=O) groups is 1. The number of unbranched alkanes of at least 4 members (excludes halogenated alkanes) is 1. The number of aromatic nitrogens is 1. The molecule has 1 amide bonds. The maximum Gasteiger partial charge on any atom is 0.256 e. The molecule has 1 aromatic carbocycles. The molecule has 0 atom stereocenters. The fourth-order valence-electron chi connectivity index (χ4n) is 4.59. The van der Waals surface area contributed by atoms with Crippen LogP contribution in [-0.4, -0.2) is 54.3 Å². The lowest BCUT2D eigenvalue weighted by molar-refractivity contribution is 0.0952. The molecule has 0 spiro atoms. The van der Waals surface area contributed by atoms with Gasteiger partial charge in [-0.15, -0.1) is 0 Å². The largest absolute Gasteiger partial charge is 0.352 e. The molecule has 1 aliphatic rings. The van der Waals surface area contributed by atoms with Crippen molar-refractivity contribution in [2.75, 3.05) is 25.1 Å². The summed E-state index contributed by atoms with van der Waals surface area (Å²) in [6, 6.07) is 4.67. The van der Waals surface area contributed by atoms with Crippen LogP contribution in [0.25, 0.3) is 10.9 Å². The van der Waals surface area contributed by atoms with Crippen LogP contribution >= 0.6 is 11.8 Å². The second-order valence-electron chi connectivity index (χ2n) is 9.23. The van der Waals surface area contributed by atoms with Gasteiger partial charge in [-0.3, -0.25) is 9.59 Å². The van der Waals surface area contributed by atoms with Crippen LogP contribution in [0, 0.1) is 0 Å². The van der Waals surface area contributed by atoms with E-state index in [-0.39, 0.29) is 21.9 Å². The summed E-state index contributed by atoms with van der Waals surface area (Å²) in [5.41, 5.74) is 0.241. The highest BCUT2D eigenvalue weighted by Crippen LogP contribution is 2.27. The fraction of sp³-hybridized carbons (Fsp3) is 0.615. The summed E-state index contributed by atoms with van der Waals surface area (Å²) in [6.07, 6.45) is 9.69. The number of aryl methyl sites for hydroxylation is 1. The Hall–Kier alpha value is -1.84. The Morgan fingerprint density at radius 2 is 1.86 bits per heavy atom. The number of fused-ring (bicyclic) bond motifs is 1. The lowest BCUT2D eigenvalue weighted by atomic mass is 9.96. The molecule has 1 heterocycles. The molecular formula is C26H39N3O4S2. The zero-order chi connectivity index (χ0) is 25.4. The average molecular weight is 522 g/mol. The Morgan fingerprint density at radius 1 is 1.14 bits per heavy atom. The number of hydrogen-bond acceptors (Lipinski definition) is 5. The van der Waals surface area contributed by atoms with E-state index in [1.807, 2.05) is 23.3 Å². The van der Waals surface area contributed by atoms with Crippen LogP contribution in [0.2, 0.25) is 0 Å². The van der Waals surface area contributed by atoms with Gasteiger partial charge in [0.2, 0.25) is 15.5 Å². The predicted octanol–water partition coefficient (Wildman–Crippen LogP) is 4.63. The van der Waals surface area contributed by atoms with Crippen LogP contribution in [0.1, 0.15) is 75.6 Å². The number of nitrogens with zero attached hydrogens (tertiary/aromatic N) is 2. The van der Waals surface area contributed by atoms with Gasteiger partial charge >= 0.3 is 0 Å². The molecule has 0 radical (unpaired) electrons. The molecule has 2 aromatic rings. The Balaban J connectivity index is 1.84. The van der Waals surface area contributed by atoms with Gasteiger partial charge in [-0.25, -0.2) is 8.42 Å². The highest BCUT2D eigenvalue weighted by Gasteiger charge is 2.29. The van der Waals surface area contributed by atoms with Crippen molar-refractivity contribution in [3.8, 4) is 0 Å². The monoisotopic (exact) mass is 521 g/mol. The molecule has 7 nitrogen and oxygen atoms in total. The highest BCUT2D eigenvalue weighted by atomic mass is 32.2. The zero-order valence-corrected chi connectivity index (χ0v) is 22.8. The smallest absolute Gasteiger partial charge is 0.256 e. The molecule has 0 bridgehead atoms. The van der Waals surface area contributed by atoms with Gasteiger partial charge in [-0.2, -0.15) is 16.1 Å². The van der Waals surface area contributed by atoms with E-state index in [0.717, 1.165) is 50.0 Å². The molecule has 1 aromatic heterocycles. The van der Waals surface area contributed by atoms with Gasteiger partial charge in [0.25, 0.3) is 5.91 Å². The van der Waals surface area contributed by atoms with Gasteiger partial charge in [-0.05, 0) is 62.3 Å². The van der Waals surface area contributed by atoms with E-state index in [1.54, 1.807) is 25.4 Å². The third-order valence-corrected chi connectivity index (χ3v) is 9.86. The second kappa shape index (κ2) is 12.9. The van der Waals surface area contributed by atoms with E-state index in [2.05, 4.69) is 12.2 Å². The van der Waals surface area contributed by atoms with Crippen LogP contribution < -0.4 is 10.7 Å². The summed E-state index contributed by atoms with van der Waals surface area (Å²) in [5.74, 6) is 1.68. The zero-order valence-electron chi connectivity index (χ0n) is 21.2. The second-order valence-corrected chi connectivity index (χ2v) is 12.4. The first-order valence-electron chi connectivity index (χ1n) is 12.8. The number of hydrogen-bond donors (Lipinski definition) is 1. The summed E-state index contributed by atoms with van der Waals surface area (Å²) >= 11 is 1.87. The maximum atomic E-state index is 13.4. The van der Waals surface area contributed by atoms with E-state index in [1.165, 1.54) is 23.2 Å². The third kappa shape index (κ3) is 6.68. The number of rotatable bonds is 12. The maximum absolute atomic E-state index is 13.4. The molecule has 0 unspecified atom stereocenters. The predicted molar refractivity (Wildman–Crippen MR) is 145 cm³/mol. The number of pyridine rings is 1. The Labute approximate surface area is 213 Å². The van der Waals surface area contributed by atoms with Crippen molar-refractivity contribution in [2.45, 2.75) is 82.7 Å². The molecular weight excluding hydrogens is 482 g/mol. The summed E-state index contributed by atoms with van der Waals surface area (Å²) < 4.78 is 30.0. The lowest BCUT2D eigenvalue weighted by Crippen LogP contribution is -2.38. The van der Waals surface area contributed by atoms with E-state index in [0.29, 0.717) is 18.6 Å². The van der Waals surface area contributed by atoms with E-state index in [4.69, 9.17) is 0 Å². The minimum Gasteiger partial charge on any atom is -0.352 e. The van der Waals surface area contributed by atoms with Crippen molar-refractivity contribution >= 4 is 38.6 Å². The minimum absolute atomic E-state index is 0.0194. The first kappa shape index (κ1) is 27.7. The number of amides is 1. The van der Waals surface area contributed by atoms with Crippen molar-refractivity contribution in [1.29, 1.82) is 0 Å². The molecule has 194 valence electrons. The van der Waals surface area contributed by atoms with Gasteiger partial charge in [-0.1, -0.05) is 32.6 Å². The van der Waals surface area contributed by atoms with Gasteiger partial charge in [0.05, 0.1) is 10.4 Å². The summed E-state index contributed by atoms with van der Waals surface area (Å²) in [5, 5.41) is 3.12. The quantitative estimate of drug-likeness (QED) is 0.412. The standard InChI is InChI=1S/C26H39N3O4S2/c1-4-6-16-34-17-10-15-27-26(31)23-19-29(5-2)24-14-13-21(18-22(24)25(23)30)35(32,33)28(3)20-11-8-7-9-12-20/h13-14,18-20H,4-12,15-17H2,1-3H3,(H,27,31). The van der Waals surface area contributed by atoms with E-state index < -0.39 is 21.4 Å². The molecule has 1 aliphatic carbocycles. The number of nitrogens with one attached hydrogen (secondary N) is 1. The van der Waals surface area contributed by atoms with Crippen LogP contribution in [0.3, 0.4) is 0 Å². The van der Waals surface area contributed by atoms with Crippen molar-refractivity contribution in [1.82, 2.24) is 14.2 Å². The third-order valence-electron chi connectivity index (χ3n) is 6.80. The molecule has 1 saturated carbocycles. The fourth-order valence-corrected chi connectivity index (χ4v) is 7.08. The van der Waals surface area contributed by atoms with E-state index in [9.17, 15) is 18.0 Å². The van der Waals surface area contributed by atoms with Crippen molar-refractivity contribution in [3.63, 3.8) is 0 Å². The lowest BCUT2D eigenvalue weighted by Gasteiger charge is -2.30. The number of thioether (sulfide) groups is 1. The van der Waals surface area contributed by atoms with Crippen LogP contribution in [0.15, 0.2) is 34.1 Å². The van der Waals surface area contributed by atoms with Crippen molar-refractivity contribution in [3.05, 3.63) is 40.2 Å². The number of sulfonamides is 1. The first-order chi connectivity index (χ1) is 16.8. The van der Waals surface area contributed by atoms with Gasteiger partial charge in [0.1, 0.15) is 5.56 Å². The average Bonchev–Trinajstić information content (AvgIpc) is 2.88. The molecule has 9 heteroatoms. The van der Waals surface area contributed by atoms with Crippen LogP contribution in [0.5, 0.6) is 0 Å². The SMILES string of the molecule is CCCCSCCCNC(=O)c1cn(CC)c2ccc(S(=O)(=O)N(C)C3CCCCC3)cc2c1=O. The molecule has 1 N–H and O–H groups in total. The Kier molecular flexibility index (Phi) is 10.2. The molecule has 0 aliphatic heterocycles. The van der Waals surface area contributed by atoms with Crippen molar-refractivity contribution in [2.24, 2.45) is 0 Å². The van der Waals surface area contributed by atoms with Gasteiger partial charge < -0.3 is 9.88 Å². The van der Waals surface area contributed by atoms with E-state index >= 15 is 0 Å². The Morgan fingerprint density at radius 3 is 2.54 bits per heavy atom. The molecule has 3 rings (SSSR count). The molecule has 35 heavy (non-hydrogen) atoms. The van der Waals surface area contributed by atoms with Crippen LogP contribution in [-0.2, 0) is 16.6 Å². The first-order valence-corrected chi connectivity index (χ1v) is 15.4. The van der Waals surface area contributed by atoms with Crippen molar-refractivity contribution < 1.29 is 13.2 Å².